The first kappa shape index (κ1) is 6.85. The molecule has 0 N–H and O–H groups in total. The Bertz CT molecular complexity index is 298. The van der Waals surface area contributed by atoms with Gasteiger partial charge in [0.05, 0.1) is 5.75 Å². The second-order valence-corrected chi connectivity index (χ2v) is 3.43. The quantitative estimate of drug-likeness (QED) is 0.583. The van der Waals surface area contributed by atoms with Gasteiger partial charge in [-0.3, -0.25) is 9.78 Å². The first-order valence-corrected chi connectivity index (χ1v) is 4.57. The predicted molar refractivity (Wildman–Crippen MR) is 44.7 cm³/mol. The summed E-state index contributed by atoms with van der Waals surface area (Å²) < 4.78 is 0. The zero-order chi connectivity index (χ0) is 7.68. The number of Topliss-reactive ketones (excluding diaryl/α,β-unsaturated/α-hetero) is 1. The Balaban J connectivity index is 2.52. The van der Waals surface area contributed by atoms with E-state index in [0.717, 1.165) is 16.9 Å². The molecule has 2 nitrogen and oxygen atoms in total. The van der Waals surface area contributed by atoms with Crippen LogP contribution in [0.1, 0.15) is 15.9 Å². The Morgan fingerprint density at radius 1 is 1.45 bits per heavy atom. The number of nitrogens with zero attached hydrogens (tertiary/aromatic N) is 1. The van der Waals surface area contributed by atoms with E-state index >= 15 is 0 Å². The minimum absolute atomic E-state index is 0.235. The minimum Gasteiger partial charge on any atom is -0.293 e. The highest BCUT2D eigenvalue weighted by Gasteiger charge is 2.16. The molecule has 3 heteroatoms. The third kappa shape index (κ3) is 1.16. The number of carbonyl (C=O) groups excluding carboxylic acids is 1. The van der Waals surface area contributed by atoms with Crippen LogP contribution in [0, 0.1) is 0 Å². The van der Waals surface area contributed by atoms with Gasteiger partial charge < -0.3 is 0 Å². The average Bonchev–Trinajstić information content (AvgIpc) is 2.06. The second-order valence-electron chi connectivity index (χ2n) is 2.45. The lowest BCUT2D eigenvalue weighted by atomic mass is 10.1. The highest BCUT2D eigenvalue weighted by molar-refractivity contribution is 7.99. The molecular formula is C8H7NOS. The van der Waals surface area contributed by atoms with Crippen molar-refractivity contribution in [3.05, 3.63) is 29.6 Å². The lowest BCUT2D eigenvalue weighted by molar-refractivity contribution is 0.102. The van der Waals surface area contributed by atoms with Gasteiger partial charge in [0.15, 0.2) is 5.78 Å². The maximum absolute atomic E-state index is 11.2. The van der Waals surface area contributed by atoms with Crippen LogP contribution in [0.2, 0.25) is 0 Å². The number of fused-ring (bicyclic) bond motifs is 1. The Hall–Kier alpha value is -0.830. The molecule has 0 aromatic carbocycles. The highest BCUT2D eigenvalue weighted by atomic mass is 32.2. The van der Waals surface area contributed by atoms with Crippen LogP contribution in [0.4, 0.5) is 0 Å². The maximum Gasteiger partial charge on any atom is 0.173 e. The normalized spacial score (nSPS) is 16.2. The predicted octanol–water partition coefficient (Wildman–Crippen LogP) is 1.51. The first-order chi connectivity index (χ1) is 5.38. The fourth-order valence-electron chi connectivity index (χ4n) is 1.15. The third-order valence-corrected chi connectivity index (χ3v) is 2.68. The molecule has 1 aromatic heterocycles. The van der Waals surface area contributed by atoms with Crippen molar-refractivity contribution in [2.45, 2.75) is 5.75 Å². The Labute approximate surface area is 69.0 Å². The number of aromatic nitrogens is 1. The van der Waals surface area contributed by atoms with Gasteiger partial charge in [-0.15, -0.1) is 11.8 Å². The molecule has 0 saturated carbocycles. The van der Waals surface area contributed by atoms with Crippen molar-refractivity contribution in [1.82, 2.24) is 4.98 Å². The zero-order valence-corrected chi connectivity index (χ0v) is 6.73. The Kier molecular flexibility index (Phi) is 1.66. The summed E-state index contributed by atoms with van der Waals surface area (Å²) in [5.74, 6) is 1.78. The summed E-state index contributed by atoms with van der Waals surface area (Å²) in [4.78, 5) is 15.2. The molecule has 1 aliphatic rings. The smallest absolute Gasteiger partial charge is 0.173 e. The number of rotatable bonds is 0. The fourth-order valence-corrected chi connectivity index (χ4v) is 2.04. The van der Waals surface area contributed by atoms with Gasteiger partial charge in [-0.1, -0.05) is 0 Å². The molecule has 2 heterocycles. The van der Waals surface area contributed by atoms with Crippen LogP contribution in [0.5, 0.6) is 0 Å². The summed E-state index contributed by atoms with van der Waals surface area (Å²) in [7, 11) is 0. The Morgan fingerprint density at radius 3 is 3.18 bits per heavy atom. The molecule has 0 amide bonds. The first-order valence-electron chi connectivity index (χ1n) is 3.42. The van der Waals surface area contributed by atoms with Gasteiger partial charge in [0.25, 0.3) is 0 Å². The molecule has 0 spiro atoms. The molecular weight excluding hydrogens is 158 g/mol. The molecule has 2 rings (SSSR count). The summed E-state index contributed by atoms with van der Waals surface area (Å²) in [6, 6.07) is 1.80. The van der Waals surface area contributed by atoms with Crippen LogP contribution in [0.25, 0.3) is 0 Å². The van der Waals surface area contributed by atoms with E-state index in [-0.39, 0.29) is 5.78 Å². The summed E-state index contributed by atoms with van der Waals surface area (Å²) in [6.07, 6.45) is 3.45. The van der Waals surface area contributed by atoms with Gasteiger partial charge in [-0.25, -0.2) is 0 Å². The zero-order valence-electron chi connectivity index (χ0n) is 5.91. The third-order valence-electron chi connectivity index (χ3n) is 1.69. The van der Waals surface area contributed by atoms with E-state index in [1.165, 1.54) is 0 Å². The molecule has 0 radical (unpaired) electrons. The summed E-state index contributed by atoms with van der Waals surface area (Å²) in [6.45, 7) is 0. The van der Waals surface area contributed by atoms with Gasteiger partial charge in [0.2, 0.25) is 0 Å². The monoisotopic (exact) mass is 165 g/mol. The number of thioether (sulfide) groups is 1. The molecule has 0 fully saturated rings. The van der Waals surface area contributed by atoms with Gasteiger partial charge in [0.1, 0.15) is 0 Å². The van der Waals surface area contributed by atoms with Crippen LogP contribution in [-0.2, 0) is 5.75 Å². The number of pyridine rings is 1. The van der Waals surface area contributed by atoms with Crippen LogP contribution in [-0.4, -0.2) is 16.5 Å². The number of ketones is 1. The largest absolute Gasteiger partial charge is 0.293 e. The number of hydrogen-bond acceptors (Lipinski definition) is 3. The van der Waals surface area contributed by atoms with E-state index in [9.17, 15) is 4.79 Å². The molecule has 56 valence electrons. The van der Waals surface area contributed by atoms with Crippen molar-refractivity contribution >= 4 is 17.5 Å². The van der Waals surface area contributed by atoms with Crippen molar-refractivity contribution in [1.29, 1.82) is 0 Å². The van der Waals surface area contributed by atoms with E-state index in [0.29, 0.717) is 5.75 Å². The summed E-state index contributed by atoms with van der Waals surface area (Å²) in [5, 5.41) is 0. The average molecular weight is 165 g/mol. The lowest BCUT2D eigenvalue weighted by Gasteiger charge is -2.12. The van der Waals surface area contributed by atoms with Crippen molar-refractivity contribution in [3.8, 4) is 0 Å². The van der Waals surface area contributed by atoms with Crippen molar-refractivity contribution in [2.24, 2.45) is 0 Å². The Morgan fingerprint density at radius 2 is 2.36 bits per heavy atom. The van der Waals surface area contributed by atoms with Gasteiger partial charge in [-0.05, 0) is 11.6 Å². The van der Waals surface area contributed by atoms with Crippen LogP contribution in [0.15, 0.2) is 18.5 Å². The second kappa shape index (κ2) is 2.66. The minimum atomic E-state index is 0.235. The number of carbonyl (C=O) groups is 1. The van der Waals surface area contributed by atoms with Crippen LogP contribution in [0.3, 0.4) is 0 Å². The van der Waals surface area contributed by atoms with E-state index < -0.39 is 0 Å². The highest BCUT2D eigenvalue weighted by Crippen LogP contribution is 2.22. The van der Waals surface area contributed by atoms with E-state index in [1.807, 2.05) is 0 Å². The molecule has 1 aliphatic heterocycles. The van der Waals surface area contributed by atoms with E-state index in [4.69, 9.17) is 0 Å². The molecule has 0 bridgehead atoms. The van der Waals surface area contributed by atoms with E-state index in [1.54, 1.807) is 30.2 Å². The van der Waals surface area contributed by atoms with Gasteiger partial charge in [0, 0.05) is 23.7 Å². The topological polar surface area (TPSA) is 30.0 Å². The molecule has 0 atom stereocenters. The molecule has 0 saturated heterocycles. The summed E-state index contributed by atoms with van der Waals surface area (Å²) in [5.41, 5.74) is 1.94. The molecule has 11 heavy (non-hydrogen) atoms. The van der Waals surface area contributed by atoms with Crippen LogP contribution < -0.4 is 0 Å². The van der Waals surface area contributed by atoms with Crippen molar-refractivity contribution in [2.75, 3.05) is 5.75 Å². The molecule has 1 aromatic rings. The van der Waals surface area contributed by atoms with Crippen molar-refractivity contribution < 1.29 is 4.79 Å². The van der Waals surface area contributed by atoms with Gasteiger partial charge in [-0.2, -0.15) is 0 Å². The molecule has 0 aliphatic carbocycles. The lowest BCUT2D eigenvalue weighted by Crippen LogP contribution is -2.11. The van der Waals surface area contributed by atoms with E-state index in [2.05, 4.69) is 4.98 Å². The maximum atomic E-state index is 11.2. The fraction of sp³-hybridized carbons (Fsp3) is 0.250. The molecule has 0 unspecified atom stereocenters. The van der Waals surface area contributed by atoms with Gasteiger partial charge >= 0.3 is 0 Å². The standard InChI is InChI=1S/C8H7NOS/c10-8-5-11-4-6-3-9-2-1-7(6)8/h1-3H,4-5H2. The SMILES string of the molecule is O=C1CSCc2cnccc21. The van der Waals surface area contributed by atoms with Crippen LogP contribution >= 0.6 is 11.8 Å². The van der Waals surface area contributed by atoms with Crippen molar-refractivity contribution in [3.63, 3.8) is 0 Å². The number of hydrogen-bond donors (Lipinski definition) is 0. The summed E-state index contributed by atoms with van der Waals surface area (Å²) >= 11 is 1.66.